The number of aromatic nitrogens is 1. The van der Waals surface area contributed by atoms with E-state index in [1.165, 1.54) is 19.3 Å². The molecule has 1 aromatic carbocycles. The number of rotatable bonds is 9. The van der Waals surface area contributed by atoms with Crippen molar-refractivity contribution in [3.63, 3.8) is 0 Å². The highest BCUT2D eigenvalue weighted by Gasteiger charge is 2.16. The predicted molar refractivity (Wildman–Crippen MR) is 95.3 cm³/mol. The number of carbonyl (C=O) groups excluding carboxylic acids is 1. The van der Waals surface area contributed by atoms with Crippen LogP contribution < -0.4 is 10.1 Å². The number of amides is 1. The Morgan fingerprint density at radius 3 is 2.70 bits per heavy atom. The molecule has 2 rings (SSSR count). The normalized spacial score (nSPS) is 10.9. The Hall–Kier alpha value is -1.97. The van der Waals surface area contributed by atoms with Gasteiger partial charge in [-0.3, -0.25) is 4.79 Å². The van der Waals surface area contributed by atoms with Crippen molar-refractivity contribution in [3.8, 4) is 5.75 Å². The van der Waals surface area contributed by atoms with E-state index in [-0.39, 0.29) is 5.91 Å². The average molecular weight is 316 g/mol. The van der Waals surface area contributed by atoms with E-state index in [1.807, 2.05) is 31.2 Å². The third-order valence-electron chi connectivity index (χ3n) is 4.07. The lowest BCUT2D eigenvalue weighted by Gasteiger charge is -2.09. The van der Waals surface area contributed by atoms with Gasteiger partial charge in [0, 0.05) is 18.5 Å². The van der Waals surface area contributed by atoms with Gasteiger partial charge in [-0.2, -0.15) is 0 Å². The lowest BCUT2D eigenvalue weighted by Crippen LogP contribution is -2.26. The number of fused-ring (bicyclic) bond motifs is 1. The Labute approximate surface area is 138 Å². The van der Waals surface area contributed by atoms with E-state index in [0.29, 0.717) is 12.3 Å². The minimum Gasteiger partial charge on any atom is -0.493 e. The number of nitrogens with one attached hydrogen (secondary N) is 1. The van der Waals surface area contributed by atoms with Crippen LogP contribution in [0.1, 0.15) is 56.9 Å². The number of carbonyl (C=O) groups is 1. The SMILES string of the molecule is CCCCCCNC(=O)c1cc2c(OCC)cccc2n1CC. The second kappa shape index (κ2) is 8.61. The molecule has 1 amide bonds. The van der Waals surface area contributed by atoms with Crippen molar-refractivity contribution < 1.29 is 9.53 Å². The Morgan fingerprint density at radius 2 is 2.00 bits per heavy atom. The number of unbranched alkanes of at least 4 members (excludes halogenated alkanes) is 3. The largest absolute Gasteiger partial charge is 0.493 e. The van der Waals surface area contributed by atoms with Crippen molar-refractivity contribution in [1.82, 2.24) is 9.88 Å². The van der Waals surface area contributed by atoms with Crippen LogP contribution in [-0.2, 0) is 6.54 Å². The first-order valence-electron chi connectivity index (χ1n) is 8.76. The molecule has 4 heteroatoms. The zero-order valence-corrected chi connectivity index (χ0v) is 14.5. The number of hydrogen-bond acceptors (Lipinski definition) is 2. The molecule has 2 aromatic rings. The van der Waals surface area contributed by atoms with Crippen LogP contribution in [0.2, 0.25) is 0 Å². The van der Waals surface area contributed by atoms with E-state index in [4.69, 9.17) is 4.74 Å². The predicted octanol–water partition coefficient (Wildman–Crippen LogP) is 4.37. The van der Waals surface area contributed by atoms with Gasteiger partial charge in [-0.25, -0.2) is 0 Å². The third kappa shape index (κ3) is 4.06. The first-order valence-corrected chi connectivity index (χ1v) is 8.76. The monoisotopic (exact) mass is 316 g/mol. The van der Waals surface area contributed by atoms with Crippen molar-refractivity contribution in [3.05, 3.63) is 30.0 Å². The fourth-order valence-electron chi connectivity index (χ4n) is 2.91. The van der Waals surface area contributed by atoms with Crippen molar-refractivity contribution >= 4 is 16.8 Å². The molecule has 4 nitrogen and oxygen atoms in total. The summed E-state index contributed by atoms with van der Waals surface area (Å²) in [7, 11) is 0. The van der Waals surface area contributed by atoms with Gasteiger partial charge in [0.2, 0.25) is 0 Å². The van der Waals surface area contributed by atoms with Crippen LogP contribution in [0.4, 0.5) is 0 Å². The Kier molecular flexibility index (Phi) is 6.51. The van der Waals surface area contributed by atoms with Gasteiger partial charge in [0.25, 0.3) is 5.91 Å². The van der Waals surface area contributed by atoms with Crippen LogP contribution in [0.3, 0.4) is 0 Å². The Morgan fingerprint density at radius 1 is 1.17 bits per heavy atom. The summed E-state index contributed by atoms with van der Waals surface area (Å²) in [6.45, 7) is 8.34. The molecule has 1 N–H and O–H groups in total. The molecule has 23 heavy (non-hydrogen) atoms. The maximum atomic E-state index is 12.5. The summed E-state index contributed by atoms with van der Waals surface area (Å²) in [5.41, 5.74) is 1.76. The van der Waals surface area contributed by atoms with Crippen LogP contribution in [0.25, 0.3) is 10.9 Å². The molecular weight excluding hydrogens is 288 g/mol. The fourth-order valence-corrected chi connectivity index (χ4v) is 2.91. The molecule has 0 aliphatic rings. The summed E-state index contributed by atoms with van der Waals surface area (Å²) in [5, 5.41) is 4.05. The van der Waals surface area contributed by atoms with E-state index in [1.54, 1.807) is 0 Å². The maximum Gasteiger partial charge on any atom is 0.267 e. The second-order valence-electron chi connectivity index (χ2n) is 5.71. The number of nitrogens with zero attached hydrogens (tertiary/aromatic N) is 1. The third-order valence-corrected chi connectivity index (χ3v) is 4.07. The second-order valence-corrected chi connectivity index (χ2v) is 5.71. The molecule has 0 atom stereocenters. The Balaban J connectivity index is 2.19. The van der Waals surface area contributed by atoms with E-state index in [0.717, 1.165) is 36.2 Å². The van der Waals surface area contributed by atoms with Gasteiger partial charge in [-0.1, -0.05) is 32.3 Å². The standard InChI is InChI=1S/C19H28N2O2/c1-4-7-8-9-13-20-19(22)17-14-15-16(21(17)5-2)11-10-12-18(15)23-6-3/h10-12,14H,4-9,13H2,1-3H3,(H,20,22). The first-order chi connectivity index (χ1) is 11.2. The minimum atomic E-state index is 0.00185. The van der Waals surface area contributed by atoms with Crippen LogP contribution in [0.5, 0.6) is 5.75 Å². The van der Waals surface area contributed by atoms with Crippen LogP contribution in [-0.4, -0.2) is 23.6 Å². The van der Waals surface area contributed by atoms with Crippen LogP contribution in [0.15, 0.2) is 24.3 Å². The molecule has 1 heterocycles. The summed E-state index contributed by atoms with van der Waals surface area (Å²) in [6, 6.07) is 7.93. The smallest absolute Gasteiger partial charge is 0.267 e. The van der Waals surface area contributed by atoms with Gasteiger partial charge in [0.15, 0.2) is 0 Å². The molecule has 0 unspecified atom stereocenters. The molecule has 1 aromatic heterocycles. The molecule has 0 saturated carbocycles. The zero-order chi connectivity index (χ0) is 16.7. The topological polar surface area (TPSA) is 43.3 Å². The van der Waals surface area contributed by atoms with Crippen LogP contribution in [0, 0.1) is 0 Å². The van der Waals surface area contributed by atoms with E-state index in [2.05, 4.69) is 23.7 Å². The van der Waals surface area contributed by atoms with E-state index < -0.39 is 0 Å². The van der Waals surface area contributed by atoms with Gasteiger partial charge in [0.05, 0.1) is 12.1 Å². The molecule has 0 aliphatic heterocycles. The summed E-state index contributed by atoms with van der Waals surface area (Å²) >= 11 is 0. The zero-order valence-electron chi connectivity index (χ0n) is 14.5. The highest BCUT2D eigenvalue weighted by Crippen LogP contribution is 2.29. The van der Waals surface area contributed by atoms with Gasteiger partial charge in [0.1, 0.15) is 11.4 Å². The molecule has 126 valence electrons. The molecule has 0 saturated heterocycles. The molecule has 0 bridgehead atoms. The van der Waals surface area contributed by atoms with Crippen molar-refractivity contribution in [2.45, 2.75) is 53.0 Å². The highest BCUT2D eigenvalue weighted by molar-refractivity contribution is 6.00. The molecule has 0 spiro atoms. The van der Waals surface area contributed by atoms with Crippen LogP contribution >= 0.6 is 0 Å². The van der Waals surface area contributed by atoms with Crippen molar-refractivity contribution in [2.24, 2.45) is 0 Å². The summed E-state index contributed by atoms with van der Waals surface area (Å²) < 4.78 is 7.75. The fraction of sp³-hybridized carbons (Fsp3) is 0.526. The minimum absolute atomic E-state index is 0.00185. The molecular formula is C19H28N2O2. The van der Waals surface area contributed by atoms with Gasteiger partial charge in [-0.15, -0.1) is 0 Å². The average Bonchev–Trinajstić information content (AvgIpc) is 2.94. The summed E-state index contributed by atoms with van der Waals surface area (Å²) in [6.07, 6.45) is 4.64. The highest BCUT2D eigenvalue weighted by atomic mass is 16.5. The van der Waals surface area contributed by atoms with Crippen molar-refractivity contribution in [1.29, 1.82) is 0 Å². The van der Waals surface area contributed by atoms with E-state index in [9.17, 15) is 4.79 Å². The Bertz CT molecular complexity index is 646. The first kappa shape index (κ1) is 17.4. The number of benzene rings is 1. The summed E-state index contributed by atoms with van der Waals surface area (Å²) in [4.78, 5) is 12.5. The number of ether oxygens (including phenoxy) is 1. The summed E-state index contributed by atoms with van der Waals surface area (Å²) in [5.74, 6) is 0.844. The van der Waals surface area contributed by atoms with Gasteiger partial charge in [-0.05, 0) is 38.5 Å². The number of aryl methyl sites for hydroxylation is 1. The van der Waals surface area contributed by atoms with E-state index >= 15 is 0 Å². The van der Waals surface area contributed by atoms with Gasteiger partial charge >= 0.3 is 0 Å². The molecule has 0 fully saturated rings. The van der Waals surface area contributed by atoms with Crippen molar-refractivity contribution in [2.75, 3.05) is 13.2 Å². The lowest BCUT2D eigenvalue weighted by atomic mass is 10.2. The number of hydrogen-bond donors (Lipinski definition) is 1. The maximum absolute atomic E-state index is 12.5. The quantitative estimate of drug-likeness (QED) is 0.698. The molecule has 0 aliphatic carbocycles. The van der Waals surface area contributed by atoms with Gasteiger partial charge < -0.3 is 14.6 Å². The molecule has 0 radical (unpaired) electrons. The lowest BCUT2D eigenvalue weighted by molar-refractivity contribution is 0.0944.